The van der Waals surface area contributed by atoms with Crippen LogP contribution in [-0.2, 0) is 19.2 Å². The number of primary amides is 1. The number of hydrogen-bond donors (Lipinski definition) is 3. The molecule has 0 aromatic carbocycles. The summed E-state index contributed by atoms with van der Waals surface area (Å²) in [7, 11) is 0. The quantitative estimate of drug-likeness (QED) is 0.591. The lowest BCUT2D eigenvalue weighted by Crippen LogP contribution is -2.55. The van der Waals surface area contributed by atoms with Gasteiger partial charge in [0.25, 0.3) is 0 Å². The molecule has 0 radical (unpaired) electrons. The Balaban J connectivity index is 2.06. The van der Waals surface area contributed by atoms with Crippen molar-refractivity contribution in [3.05, 3.63) is 0 Å². The third-order valence-electron chi connectivity index (χ3n) is 4.50. The fourth-order valence-electron chi connectivity index (χ4n) is 3.30. The van der Waals surface area contributed by atoms with Crippen LogP contribution in [0.5, 0.6) is 0 Å². The highest BCUT2D eigenvalue weighted by Gasteiger charge is 2.38. The second-order valence-electron chi connectivity index (χ2n) is 6.94. The smallest absolute Gasteiger partial charge is 0.245 e. The first kappa shape index (κ1) is 18.2. The number of nitrogens with two attached hydrogens (primary N) is 1. The van der Waals surface area contributed by atoms with Crippen molar-refractivity contribution in [1.82, 2.24) is 15.5 Å². The van der Waals surface area contributed by atoms with E-state index in [-0.39, 0.29) is 23.6 Å². The van der Waals surface area contributed by atoms with Crippen LogP contribution in [-0.4, -0.2) is 53.2 Å². The van der Waals surface area contributed by atoms with E-state index in [4.69, 9.17) is 5.73 Å². The van der Waals surface area contributed by atoms with Crippen LogP contribution in [0.2, 0.25) is 0 Å². The Morgan fingerprint density at radius 1 is 1.33 bits per heavy atom. The third-order valence-corrected chi connectivity index (χ3v) is 4.50. The summed E-state index contributed by atoms with van der Waals surface area (Å²) in [5.74, 6) is -1.11. The van der Waals surface area contributed by atoms with Gasteiger partial charge < -0.3 is 21.3 Å². The minimum atomic E-state index is -0.713. The molecular formula is C16H26N4O4. The molecule has 24 heavy (non-hydrogen) atoms. The summed E-state index contributed by atoms with van der Waals surface area (Å²) >= 11 is 0. The summed E-state index contributed by atoms with van der Waals surface area (Å²) < 4.78 is 0. The maximum Gasteiger partial charge on any atom is 0.245 e. The predicted molar refractivity (Wildman–Crippen MR) is 86.5 cm³/mol. The number of likely N-dealkylation sites (tertiary alicyclic amines) is 1. The highest BCUT2D eigenvalue weighted by Crippen LogP contribution is 2.20. The maximum absolute atomic E-state index is 12.8. The van der Waals surface area contributed by atoms with Gasteiger partial charge in [-0.15, -0.1) is 0 Å². The van der Waals surface area contributed by atoms with Crippen molar-refractivity contribution < 1.29 is 19.2 Å². The molecular weight excluding hydrogens is 312 g/mol. The lowest BCUT2D eigenvalue weighted by molar-refractivity contribution is -0.141. The van der Waals surface area contributed by atoms with Crippen LogP contribution in [0.4, 0.5) is 0 Å². The predicted octanol–water partition coefficient (Wildman–Crippen LogP) is -0.728. The van der Waals surface area contributed by atoms with Gasteiger partial charge in [0.1, 0.15) is 18.1 Å². The molecule has 2 saturated heterocycles. The van der Waals surface area contributed by atoms with E-state index in [0.717, 1.165) is 6.42 Å². The first-order valence-corrected chi connectivity index (χ1v) is 8.49. The number of carbonyl (C=O) groups is 4. The number of amides is 4. The van der Waals surface area contributed by atoms with Gasteiger partial charge in [0.05, 0.1) is 0 Å². The number of rotatable bonds is 6. The van der Waals surface area contributed by atoms with E-state index in [1.807, 2.05) is 13.8 Å². The van der Waals surface area contributed by atoms with Crippen LogP contribution >= 0.6 is 0 Å². The maximum atomic E-state index is 12.8. The first-order valence-electron chi connectivity index (χ1n) is 8.49. The number of hydrogen-bond acceptors (Lipinski definition) is 4. The van der Waals surface area contributed by atoms with Crippen molar-refractivity contribution >= 4 is 23.6 Å². The van der Waals surface area contributed by atoms with Crippen LogP contribution in [0, 0.1) is 5.92 Å². The SMILES string of the molecule is CC(C)C[C@@H](NC(=O)[C@@H]1CCC(=O)N1)C(=O)N1CCC[C@H]1C(N)=O. The van der Waals surface area contributed by atoms with E-state index < -0.39 is 24.0 Å². The molecule has 4 N–H and O–H groups in total. The summed E-state index contributed by atoms with van der Waals surface area (Å²) in [4.78, 5) is 49.4. The molecule has 2 rings (SSSR count). The van der Waals surface area contributed by atoms with Crippen molar-refractivity contribution in [2.75, 3.05) is 6.54 Å². The normalized spacial score (nSPS) is 24.8. The number of nitrogens with zero attached hydrogens (tertiary/aromatic N) is 1. The van der Waals surface area contributed by atoms with Crippen molar-refractivity contribution in [3.63, 3.8) is 0 Å². The molecule has 0 aliphatic carbocycles. The molecule has 2 aliphatic rings. The van der Waals surface area contributed by atoms with Gasteiger partial charge in [-0.25, -0.2) is 0 Å². The molecule has 8 nitrogen and oxygen atoms in total. The van der Waals surface area contributed by atoms with E-state index in [1.54, 1.807) is 0 Å². The monoisotopic (exact) mass is 338 g/mol. The van der Waals surface area contributed by atoms with Crippen molar-refractivity contribution in [2.45, 2.75) is 64.1 Å². The minimum absolute atomic E-state index is 0.157. The Kier molecular flexibility index (Phi) is 5.80. The average molecular weight is 338 g/mol. The Morgan fingerprint density at radius 2 is 2.04 bits per heavy atom. The zero-order valence-corrected chi connectivity index (χ0v) is 14.2. The van der Waals surface area contributed by atoms with Crippen molar-refractivity contribution in [3.8, 4) is 0 Å². The van der Waals surface area contributed by atoms with Gasteiger partial charge in [-0.2, -0.15) is 0 Å². The molecule has 2 fully saturated rings. The molecule has 8 heteroatoms. The molecule has 134 valence electrons. The molecule has 0 bridgehead atoms. The summed E-state index contributed by atoms with van der Waals surface area (Å²) in [5, 5.41) is 5.35. The molecule has 3 atom stereocenters. The molecule has 0 spiro atoms. The average Bonchev–Trinajstić information content (AvgIpc) is 3.13. The molecule has 0 aromatic rings. The van der Waals surface area contributed by atoms with E-state index in [1.165, 1.54) is 4.90 Å². The molecule has 4 amide bonds. The lowest BCUT2D eigenvalue weighted by Gasteiger charge is -2.29. The Hall–Kier alpha value is -2.12. The molecule has 0 unspecified atom stereocenters. The van der Waals surface area contributed by atoms with Crippen molar-refractivity contribution in [2.24, 2.45) is 11.7 Å². The van der Waals surface area contributed by atoms with E-state index in [2.05, 4.69) is 10.6 Å². The second-order valence-corrected chi connectivity index (χ2v) is 6.94. The fourth-order valence-corrected chi connectivity index (χ4v) is 3.30. The number of carbonyl (C=O) groups excluding carboxylic acids is 4. The molecule has 2 aliphatic heterocycles. The lowest BCUT2D eigenvalue weighted by atomic mass is 10.0. The second kappa shape index (κ2) is 7.63. The molecule has 0 aromatic heterocycles. The summed E-state index contributed by atoms with van der Waals surface area (Å²) in [6.07, 6.45) is 2.49. The largest absolute Gasteiger partial charge is 0.368 e. The first-order chi connectivity index (χ1) is 11.3. The van der Waals surface area contributed by atoms with E-state index in [9.17, 15) is 19.2 Å². The van der Waals surface area contributed by atoms with Gasteiger partial charge in [0.2, 0.25) is 23.6 Å². The topological polar surface area (TPSA) is 122 Å². The van der Waals surface area contributed by atoms with Crippen LogP contribution in [0.15, 0.2) is 0 Å². The van der Waals surface area contributed by atoms with Gasteiger partial charge in [0, 0.05) is 13.0 Å². The van der Waals surface area contributed by atoms with Crippen LogP contribution in [0.25, 0.3) is 0 Å². The van der Waals surface area contributed by atoms with Gasteiger partial charge in [-0.1, -0.05) is 13.8 Å². The van der Waals surface area contributed by atoms with Gasteiger partial charge in [-0.05, 0) is 31.6 Å². The Bertz CT molecular complexity index is 534. The number of nitrogens with one attached hydrogen (secondary N) is 2. The van der Waals surface area contributed by atoms with Gasteiger partial charge in [0.15, 0.2) is 0 Å². The van der Waals surface area contributed by atoms with Crippen LogP contribution in [0.3, 0.4) is 0 Å². The highest BCUT2D eigenvalue weighted by atomic mass is 16.2. The summed E-state index contributed by atoms with van der Waals surface area (Å²) in [5.41, 5.74) is 5.38. The summed E-state index contributed by atoms with van der Waals surface area (Å²) in [6, 6.07) is -1.91. The highest BCUT2D eigenvalue weighted by molar-refractivity contribution is 5.95. The molecule has 2 heterocycles. The van der Waals surface area contributed by atoms with E-state index >= 15 is 0 Å². The van der Waals surface area contributed by atoms with Crippen LogP contribution < -0.4 is 16.4 Å². The Labute approximate surface area is 141 Å². The zero-order valence-electron chi connectivity index (χ0n) is 14.2. The zero-order chi connectivity index (χ0) is 17.9. The van der Waals surface area contributed by atoms with Crippen LogP contribution in [0.1, 0.15) is 46.0 Å². The standard InChI is InChI=1S/C16H26N4O4/c1-9(2)8-11(19-15(23)10-5-6-13(21)18-10)16(24)20-7-3-4-12(20)14(17)22/h9-12H,3-8H2,1-2H3,(H2,17,22)(H,18,21)(H,19,23)/t10-,11+,12-/m0/s1. The third kappa shape index (κ3) is 4.24. The van der Waals surface area contributed by atoms with E-state index in [0.29, 0.717) is 32.2 Å². The van der Waals surface area contributed by atoms with Gasteiger partial charge in [-0.3, -0.25) is 19.2 Å². The Morgan fingerprint density at radius 3 is 2.58 bits per heavy atom. The summed E-state index contributed by atoms with van der Waals surface area (Å²) in [6.45, 7) is 4.38. The van der Waals surface area contributed by atoms with Crippen molar-refractivity contribution in [1.29, 1.82) is 0 Å². The fraction of sp³-hybridized carbons (Fsp3) is 0.750. The van der Waals surface area contributed by atoms with Gasteiger partial charge >= 0.3 is 0 Å². The molecule has 0 saturated carbocycles. The minimum Gasteiger partial charge on any atom is -0.368 e.